The molecular formula is C22H29ClF3N5O2. The van der Waals surface area contributed by atoms with Crippen molar-refractivity contribution in [2.24, 2.45) is 11.7 Å². The van der Waals surface area contributed by atoms with Crippen LogP contribution in [0.3, 0.4) is 0 Å². The number of halogens is 4. The van der Waals surface area contributed by atoms with Gasteiger partial charge in [-0.3, -0.25) is 5.41 Å². The van der Waals surface area contributed by atoms with Crippen molar-refractivity contribution >= 4 is 18.4 Å². The fraction of sp³-hybridized carbons (Fsp3) is 0.591. The van der Waals surface area contributed by atoms with Gasteiger partial charge in [0.25, 0.3) is 0 Å². The van der Waals surface area contributed by atoms with Crippen molar-refractivity contribution < 1.29 is 22.4 Å². The number of alkyl halides is 3. The minimum Gasteiger partial charge on any atom is -0.493 e. The van der Waals surface area contributed by atoms with Crippen LogP contribution in [0.5, 0.6) is 5.75 Å². The van der Waals surface area contributed by atoms with Crippen LogP contribution in [0.2, 0.25) is 0 Å². The lowest BCUT2D eigenvalue weighted by Gasteiger charge is -2.22. The molecule has 1 atom stereocenters. The van der Waals surface area contributed by atoms with Crippen LogP contribution in [-0.2, 0) is 6.18 Å². The summed E-state index contributed by atoms with van der Waals surface area (Å²) in [5.41, 5.74) is 4.94. The molecule has 2 aromatic rings. The van der Waals surface area contributed by atoms with Crippen LogP contribution in [0.25, 0.3) is 11.4 Å². The Hall–Kier alpha value is -2.49. The molecule has 1 saturated carbocycles. The molecule has 0 radical (unpaired) electrons. The van der Waals surface area contributed by atoms with E-state index in [0.717, 1.165) is 31.7 Å². The molecule has 182 valence electrons. The number of nitrogens with one attached hydrogen (secondary N) is 1. The maximum atomic E-state index is 13.7. The van der Waals surface area contributed by atoms with Gasteiger partial charge in [0, 0.05) is 12.1 Å². The first-order chi connectivity index (χ1) is 15.3. The Morgan fingerprint density at radius 1 is 1.18 bits per heavy atom. The van der Waals surface area contributed by atoms with Crippen molar-refractivity contribution in [3.05, 3.63) is 29.7 Å². The molecule has 1 aromatic heterocycles. The molecule has 33 heavy (non-hydrogen) atoms. The van der Waals surface area contributed by atoms with Gasteiger partial charge in [-0.25, -0.2) is 0 Å². The predicted octanol–water partition coefficient (Wildman–Crippen LogP) is 5.56. The maximum Gasteiger partial charge on any atom is 0.419 e. The molecule has 0 unspecified atom stereocenters. The van der Waals surface area contributed by atoms with Crippen LogP contribution < -0.4 is 10.5 Å². The van der Waals surface area contributed by atoms with Crippen LogP contribution in [0.1, 0.15) is 68.9 Å². The van der Waals surface area contributed by atoms with Crippen LogP contribution in [0, 0.1) is 11.3 Å². The van der Waals surface area contributed by atoms with E-state index in [1.54, 1.807) is 4.90 Å². The summed E-state index contributed by atoms with van der Waals surface area (Å²) in [6, 6.07) is 3.50. The number of likely N-dealkylation sites (tertiary alicyclic amines) is 1. The normalized spacial score (nSPS) is 19.4. The first-order valence-electron chi connectivity index (χ1n) is 11.1. The third-order valence-electron chi connectivity index (χ3n) is 6.34. The van der Waals surface area contributed by atoms with Gasteiger partial charge < -0.3 is 19.9 Å². The second-order valence-corrected chi connectivity index (χ2v) is 8.54. The third kappa shape index (κ3) is 5.90. The standard InChI is InChI=1S/C22H28F3N5O2.ClH/c23-22(24,25)16-13-15(8-9-18(16)31-12-10-14-5-2-1-3-6-14)19-28-20(32-29-19)17-7-4-11-30(17)21(26)27;/h8-9,13-14,17H,1-7,10-12H2,(H3,26,27);1H/t17-;/m0./s1. The van der Waals surface area contributed by atoms with Gasteiger partial charge in [-0.05, 0) is 43.4 Å². The maximum absolute atomic E-state index is 13.7. The molecule has 0 amide bonds. The minimum absolute atomic E-state index is 0. The molecule has 2 fully saturated rings. The van der Waals surface area contributed by atoms with Crippen molar-refractivity contribution in [2.75, 3.05) is 13.2 Å². The lowest BCUT2D eigenvalue weighted by molar-refractivity contribution is -0.138. The van der Waals surface area contributed by atoms with Crippen LogP contribution in [0.4, 0.5) is 13.2 Å². The number of guanidine groups is 1. The first kappa shape index (κ1) is 25.1. The van der Waals surface area contributed by atoms with Crippen molar-refractivity contribution in [1.82, 2.24) is 15.0 Å². The summed E-state index contributed by atoms with van der Waals surface area (Å²) in [6.07, 6.45) is 3.54. The quantitative estimate of drug-likeness (QED) is 0.409. The number of hydrogen-bond donors (Lipinski definition) is 2. The summed E-state index contributed by atoms with van der Waals surface area (Å²) in [7, 11) is 0. The highest BCUT2D eigenvalue weighted by Crippen LogP contribution is 2.39. The highest BCUT2D eigenvalue weighted by Gasteiger charge is 2.36. The third-order valence-corrected chi connectivity index (χ3v) is 6.34. The van der Waals surface area contributed by atoms with E-state index in [2.05, 4.69) is 10.1 Å². The summed E-state index contributed by atoms with van der Waals surface area (Å²) in [5, 5.41) is 11.5. The van der Waals surface area contributed by atoms with Crippen molar-refractivity contribution in [1.29, 1.82) is 5.41 Å². The van der Waals surface area contributed by atoms with Crippen LogP contribution in [-0.4, -0.2) is 34.2 Å². The minimum atomic E-state index is -4.57. The van der Waals surface area contributed by atoms with Gasteiger partial charge in [-0.15, -0.1) is 12.4 Å². The molecule has 3 N–H and O–H groups in total. The fourth-order valence-corrected chi connectivity index (χ4v) is 4.63. The Bertz CT molecular complexity index is 946. The summed E-state index contributed by atoms with van der Waals surface area (Å²) in [5.74, 6) is 0.560. The smallest absolute Gasteiger partial charge is 0.419 e. The van der Waals surface area contributed by atoms with Gasteiger partial charge in [0.05, 0.1) is 12.2 Å². The summed E-state index contributed by atoms with van der Waals surface area (Å²) < 4.78 is 52.0. The average Bonchev–Trinajstić information content (AvgIpc) is 3.43. The van der Waals surface area contributed by atoms with E-state index in [-0.39, 0.29) is 54.0 Å². The fourth-order valence-electron chi connectivity index (χ4n) is 4.63. The molecule has 1 saturated heterocycles. The number of benzene rings is 1. The van der Waals surface area contributed by atoms with Gasteiger partial charge >= 0.3 is 6.18 Å². The number of ether oxygens (including phenoxy) is 1. The summed E-state index contributed by atoms with van der Waals surface area (Å²) in [4.78, 5) is 5.93. The van der Waals surface area contributed by atoms with E-state index in [0.29, 0.717) is 18.9 Å². The van der Waals surface area contributed by atoms with E-state index in [9.17, 15) is 13.2 Å². The monoisotopic (exact) mass is 487 g/mol. The van der Waals surface area contributed by atoms with Gasteiger partial charge in [0.2, 0.25) is 11.7 Å². The number of aromatic nitrogens is 2. The van der Waals surface area contributed by atoms with Crippen LogP contribution >= 0.6 is 12.4 Å². The topological polar surface area (TPSA) is 101 Å². The van der Waals surface area contributed by atoms with E-state index in [4.69, 9.17) is 20.4 Å². The number of nitrogens with two attached hydrogens (primary N) is 1. The molecule has 1 aliphatic heterocycles. The Morgan fingerprint density at radius 2 is 1.94 bits per heavy atom. The molecule has 11 heteroatoms. The molecule has 0 spiro atoms. The largest absolute Gasteiger partial charge is 0.493 e. The Morgan fingerprint density at radius 3 is 2.64 bits per heavy atom. The van der Waals surface area contributed by atoms with Crippen molar-refractivity contribution in [3.63, 3.8) is 0 Å². The molecule has 2 aliphatic rings. The molecule has 4 rings (SSSR count). The lowest BCUT2D eigenvalue weighted by atomic mass is 9.87. The zero-order valence-electron chi connectivity index (χ0n) is 18.2. The van der Waals surface area contributed by atoms with Gasteiger partial charge in [0.1, 0.15) is 11.8 Å². The Labute approximate surface area is 196 Å². The molecule has 0 bridgehead atoms. The van der Waals surface area contributed by atoms with Gasteiger partial charge in [-0.1, -0.05) is 37.3 Å². The van der Waals surface area contributed by atoms with Crippen LogP contribution in [0.15, 0.2) is 22.7 Å². The molecule has 7 nitrogen and oxygen atoms in total. The van der Waals surface area contributed by atoms with Crippen molar-refractivity contribution in [2.45, 2.75) is 63.6 Å². The number of nitrogens with zero attached hydrogens (tertiary/aromatic N) is 3. The van der Waals surface area contributed by atoms with E-state index >= 15 is 0 Å². The summed E-state index contributed by atoms with van der Waals surface area (Å²) in [6.45, 7) is 0.866. The highest BCUT2D eigenvalue weighted by molar-refractivity contribution is 5.85. The zero-order chi connectivity index (χ0) is 22.7. The van der Waals surface area contributed by atoms with E-state index < -0.39 is 11.7 Å². The average molecular weight is 488 g/mol. The number of hydrogen-bond acceptors (Lipinski definition) is 5. The highest BCUT2D eigenvalue weighted by atomic mass is 35.5. The second kappa shape index (κ2) is 10.6. The SMILES string of the molecule is Cl.N=C(N)N1CCC[C@H]1c1nc(-c2ccc(OCCC3CCCCC3)c(C(F)(F)F)c2)no1. The zero-order valence-corrected chi connectivity index (χ0v) is 19.1. The number of rotatable bonds is 6. The molecule has 1 aliphatic carbocycles. The Balaban J connectivity index is 0.00000306. The van der Waals surface area contributed by atoms with Gasteiger partial charge in [-0.2, -0.15) is 18.2 Å². The second-order valence-electron chi connectivity index (χ2n) is 8.54. The van der Waals surface area contributed by atoms with Gasteiger partial charge in [0.15, 0.2) is 5.96 Å². The molecule has 2 heterocycles. The Kier molecular flexibility index (Phi) is 8.10. The van der Waals surface area contributed by atoms with Crippen molar-refractivity contribution in [3.8, 4) is 17.1 Å². The summed E-state index contributed by atoms with van der Waals surface area (Å²) >= 11 is 0. The molecular weight excluding hydrogens is 459 g/mol. The first-order valence-corrected chi connectivity index (χ1v) is 11.1. The van der Waals surface area contributed by atoms with E-state index in [1.165, 1.54) is 31.4 Å². The predicted molar refractivity (Wildman–Crippen MR) is 119 cm³/mol. The van der Waals surface area contributed by atoms with E-state index in [1.807, 2.05) is 0 Å². The molecule has 1 aromatic carbocycles. The lowest BCUT2D eigenvalue weighted by Crippen LogP contribution is -2.35.